The van der Waals surface area contributed by atoms with E-state index in [-0.39, 0.29) is 17.6 Å². The van der Waals surface area contributed by atoms with E-state index in [0.717, 1.165) is 18.8 Å². The van der Waals surface area contributed by atoms with Crippen molar-refractivity contribution in [1.82, 2.24) is 0 Å². The molecule has 0 spiro atoms. The maximum absolute atomic E-state index is 11.9. The molecule has 0 saturated heterocycles. The first-order chi connectivity index (χ1) is 10.7. The van der Waals surface area contributed by atoms with Crippen LogP contribution in [0.25, 0.3) is 0 Å². The normalized spacial score (nSPS) is 10.4. The van der Waals surface area contributed by atoms with Crippen LogP contribution in [0.5, 0.6) is 5.75 Å². The van der Waals surface area contributed by atoms with Crippen molar-refractivity contribution in [2.45, 2.75) is 32.6 Å². The third-order valence-electron chi connectivity index (χ3n) is 3.23. The summed E-state index contributed by atoms with van der Waals surface area (Å²) in [6.07, 6.45) is 4.71. The van der Waals surface area contributed by atoms with Gasteiger partial charge in [-0.05, 0) is 36.8 Å². The molecule has 2 aromatic rings. The summed E-state index contributed by atoms with van der Waals surface area (Å²) in [5.41, 5.74) is 6.12. The van der Waals surface area contributed by atoms with E-state index < -0.39 is 0 Å². The molecular weight excluding hydrogens is 280 g/mol. The number of unbranched alkanes of at least 4 members (excludes halogenated alkanes) is 3. The van der Waals surface area contributed by atoms with Crippen molar-refractivity contribution in [3.8, 4) is 5.75 Å². The lowest BCUT2D eigenvalue weighted by molar-refractivity contribution is 0.0997. The Balaban J connectivity index is 1.80. The molecule has 5 heteroatoms. The number of carbonyl (C=O) groups is 1. The Kier molecular flexibility index (Phi) is 5.89. The van der Waals surface area contributed by atoms with Gasteiger partial charge in [-0.25, -0.2) is 0 Å². The van der Waals surface area contributed by atoms with Crippen molar-refractivity contribution >= 4 is 17.5 Å². The molecule has 2 rings (SSSR count). The first kappa shape index (κ1) is 15.9. The van der Waals surface area contributed by atoms with Crippen LogP contribution in [0.1, 0.15) is 43.2 Å². The molecule has 0 aliphatic carbocycles. The summed E-state index contributed by atoms with van der Waals surface area (Å²) >= 11 is 0. The molecule has 0 atom stereocenters. The summed E-state index contributed by atoms with van der Waals surface area (Å²) in [6.45, 7) is 2.91. The van der Waals surface area contributed by atoms with E-state index in [9.17, 15) is 4.79 Å². The standard InChI is InChI=1S/C17H22N2O3/c1-2-3-4-5-12-21-14-8-6-13(7-9-14)19-17(20)15-10-11-16(18)22-15/h6-11H,2-5,12,18H2,1H3,(H,19,20). The van der Waals surface area contributed by atoms with Crippen LogP contribution >= 0.6 is 0 Å². The number of nitrogens with two attached hydrogens (primary N) is 1. The summed E-state index contributed by atoms with van der Waals surface area (Å²) in [7, 11) is 0. The van der Waals surface area contributed by atoms with Gasteiger partial charge in [-0.2, -0.15) is 0 Å². The fraction of sp³-hybridized carbons (Fsp3) is 0.353. The number of anilines is 2. The van der Waals surface area contributed by atoms with Gasteiger partial charge in [0, 0.05) is 11.8 Å². The van der Waals surface area contributed by atoms with Crippen LogP contribution in [-0.2, 0) is 0 Å². The van der Waals surface area contributed by atoms with Crippen molar-refractivity contribution in [3.63, 3.8) is 0 Å². The lowest BCUT2D eigenvalue weighted by atomic mass is 10.2. The minimum Gasteiger partial charge on any atom is -0.494 e. The SMILES string of the molecule is CCCCCCOc1ccc(NC(=O)c2ccc(N)o2)cc1. The minimum atomic E-state index is -0.329. The number of hydrogen-bond donors (Lipinski definition) is 2. The number of furan rings is 1. The van der Waals surface area contributed by atoms with Gasteiger partial charge in [0.05, 0.1) is 6.61 Å². The molecular formula is C17H22N2O3. The molecule has 1 amide bonds. The molecule has 0 fully saturated rings. The quantitative estimate of drug-likeness (QED) is 0.720. The minimum absolute atomic E-state index is 0.189. The van der Waals surface area contributed by atoms with E-state index in [4.69, 9.17) is 14.9 Å². The maximum atomic E-state index is 11.9. The first-order valence-electron chi connectivity index (χ1n) is 7.58. The summed E-state index contributed by atoms with van der Waals surface area (Å²) in [4.78, 5) is 11.9. The van der Waals surface area contributed by atoms with Crippen molar-refractivity contribution in [2.24, 2.45) is 0 Å². The molecule has 0 saturated carbocycles. The van der Waals surface area contributed by atoms with Crippen molar-refractivity contribution in [3.05, 3.63) is 42.2 Å². The molecule has 0 aliphatic rings. The third kappa shape index (κ3) is 4.84. The number of carbonyl (C=O) groups excluding carboxylic acids is 1. The second kappa shape index (κ2) is 8.12. The van der Waals surface area contributed by atoms with Crippen LogP contribution in [-0.4, -0.2) is 12.5 Å². The van der Waals surface area contributed by atoms with Crippen molar-refractivity contribution in [2.75, 3.05) is 17.7 Å². The number of rotatable bonds is 8. The number of amides is 1. The van der Waals surface area contributed by atoms with Crippen LogP contribution in [0.3, 0.4) is 0 Å². The summed E-state index contributed by atoms with van der Waals surface area (Å²) in [5, 5.41) is 2.74. The van der Waals surface area contributed by atoms with Gasteiger partial charge in [-0.15, -0.1) is 0 Å². The lowest BCUT2D eigenvalue weighted by Crippen LogP contribution is -2.10. The van der Waals surface area contributed by atoms with Gasteiger partial charge in [0.15, 0.2) is 11.6 Å². The summed E-state index contributed by atoms with van der Waals surface area (Å²) in [5.74, 6) is 0.882. The van der Waals surface area contributed by atoms with Crippen molar-refractivity contribution in [1.29, 1.82) is 0 Å². The Bertz CT molecular complexity index is 590. The third-order valence-corrected chi connectivity index (χ3v) is 3.23. The molecule has 118 valence electrons. The molecule has 1 aromatic carbocycles. The van der Waals surface area contributed by atoms with Gasteiger partial charge < -0.3 is 20.2 Å². The number of hydrogen-bond acceptors (Lipinski definition) is 4. The monoisotopic (exact) mass is 302 g/mol. The molecule has 5 nitrogen and oxygen atoms in total. The van der Waals surface area contributed by atoms with E-state index >= 15 is 0 Å². The zero-order valence-corrected chi connectivity index (χ0v) is 12.8. The van der Waals surface area contributed by atoms with E-state index in [1.54, 1.807) is 24.3 Å². The zero-order valence-electron chi connectivity index (χ0n) is 12.8. The van der Waals surface area contributed by atoms with E-state index in [2.05, 4.69) is 12.2 Å². The van der Waals surface area contributed by atoms with Gasteiger partial charge in [-0.3, -0.25) is 4.79 Å². The van der Waals surface area contributed by atoms with E-state index in [1.165, 1.54) is 19.3 Å². The van der Waals surface area contributed by atoms with Gasteiger partial charge in [-0.1, -0.05) is 26.2 Å². The second-order valence-electron chi connectivity index (χ2n) is 5.09. The number of ether oxygens (including phenoxy) is 1. The molecule has 22 heavy (non-hydrogen) atoms. The molecule has 0 bridgehead atoms. The van der Waals surface area contributed by atoms with E-state index in [1.807, 2.05) is 12.1 Å². The van der Waals surface area contributed by atoms with E-state index in [0.29, 0.717) is 5.69 Å². The van der Waals surface area contributed by atoms with Gasteiger partial charge in [0.1, 0.15) is 5.75 Å². The number of benzene rings is 1. The molecule has 3 N–H and O–H groups in total. The molecule has 1 heterocycles. The molecule has 1 aromatic heterocycles. The van der Waals surface area contributed by atoms with Crippen LogP contribution in [0.15, 0.2) is 40.8 Å². The smallest absolute Gasteiger partial charge is 0.291 e. The predicted molar refractivity (Wildman–Crippen MR) is 87.2 cm³/mol. The lowest BCUT2D eigenvalue weighted by Gasteiger charge is -2.07. The van der Waals surface area contributed by atoms with Crippen LogP contribution in [0, 0.1) is 0 Å². The highest BCUT2D eigenvalue weighted by molar-refractivity contribution is 6.02. The van der Waals surface area contributed by atoms with Gasteiger partial charge in [0.25, 0.3) is 5.91 Å². The summed E-state index contributed by atoms with van der Waals surface area (Å²) < 4.78 is 10.7. The molecule has 0 aliphatic heterocycles. The second-order valence-corrected chi connectivity index (χ2v) is 5.09. The highest BCUT2D eigenvalue weighted by Crippen LogP contribution is 2.18. The molecule has 0 radical (unpaired) electrons. The average molecular weight is 302 g/mol. The van der Waals surface area contributed by atoms with Crippen LogP contribution in [0.4, 0.5) is 11.6 Å². The fourth-order valence-electron chi connectivity index (χ4n) is 2.02. The first-order valence-corrected chi connectivity index (χ1v) is 7.58. The number of nitrogen functional groups attached to an aromatic ring is 1. The fourth-order valence-corrected chi connectivity index (χ4v) is 2.02. The Hall–Kier alpha value is -2.43. The number of nitrogens with one attached hydrogen (secondary N) is 1. The zero-order chi connectivity index (χ0) is 15.8. The van der Waals surface area contributed by atoms with Crippen LogP contribution < -0.4 is 15.8 Å². The van der Waals surface area contributed by atoms with Gasteiger partial charge >= 0.3 is 0 Å². The van der Waals surface area contributed by atoms with Crippen LogP contribution in [0.2, 0.25) is 0 Å². The highest BCUT2D eigenvalue weighted by atomic mass is 16.5. The molecule has 0 unspecified atom stereocenters. The van der Waals surface area contributed by atoms with Gasteiger partial charge in [0.2, 0.25) is 0 Å². The Morgan fingerprint density at radius 2 is 1.91 bits per heavy atom. The largest absolute Gasteiger partial charge is 0.494 e. The predicted octanol–water partition coefficient (Wildman–Crippen LogP) is 4.07. The summed E-state index contributed by atoms with van der Waals surface area (Å²) in [6, 6.07) is 10.4. The average Bonchev–Trinajstić information content (AvgIpc) is 2.95. The topological polar surface area (TPSA) is 77.5 Å². The van der Waals surface area contributed by atoms with Crippen molar-refractivity contribution < 1.29 is 13.9 Å². The maximum Gasteiger partial charge on any atom is 0.291 e. The Morgan fingerprint density at radius 1 is 1.14 bits per heavy atom. The Morgan fingerprint density at radius 3 is 2.55 bits per heavy atom. The highest BCUT2D eigenvalue weighted by Gasteiger charge is 2.10. The Labute approximate surface area is 130 Å².